The quantitative estimate of drug-likeness (QED) is 0.807. The van der Waals surface area contributed by atoms with Gasteiger partial charge in [-0.05, 0) is 49.1 Å². The van der Waals surface area contributed by atoms with Crippen molar-refractivity contribution in [3.8, 4) is 0 Å². The standard InChI is InChI=1S/C18H27NO2S2/c1-14-4-7-22-17(14)9-19-12-18(13-19)8-16(11-23-18)21-10-15-2-5-20-6-3-15/h4,7,15-16H,2-3,5-6,8-13H2,1H3/t16-/m0/s1. The highest BCUT2D eigenvalue weighted by Gasteiger charge is 2.49. The van der Waals surface area contributed by atoms with Gasteiger partial charge >= 0.3 is 0 Å². The summed E-state index contributed by atoms with van der Waals surface area (Å²) in [5.74, 6) is 1.92. The number of hydrogen-bond donors (Lipinski definition) is 0. The highest BCUT2D eigenvalue weighted by atomic mass is 32.2. The summed E-state index contributed by atoms with van der Waals surface area (Å²) < 4.78 is 12.2. The van der Waals surface area contributed by atoms with Gasteiger partial charge in [-0.2, -0.15) is 0 Å². The fourth-order valence-corrected chi connectivity index (χ4v) is 6.52. The van der Waals surface area contributed by atoms with Crippen LogP contribution in [0.15, 0.2) is 11.4 Å². The zero-order chi connectivity index (χ0) is 15.7. The molecular formula is C18H27NO2S2. The summed E-state index contributed by atoms with van der Waals surface area (Å²) in [6.45, 7) is 8.65. The summed E-state index contributed by atoms with van der Waals surface area (Å²) in [6.07, 6.45) is 4.09. The highest BCUT2D eigenvalue weighted by molar-refractivity contribution is 8.01. The lowest BCUT2D eigenvalue weighted by molar-refractivity contribution is -0.0132. The van der Waals surface area contributed by atoms with Gasteiger partial charge in [0.25, 0.3) is 0 Å². The van der Waals surface area contributed by atoms with Crippen molar-refractivity contribution in [3.05, 3.63) is 21.9 Å². The third kappa shape index (κ3) is 3.79. The average molecular weight is 354 g/mol. The maximum Gasteiger partial charge on any atom is 0.0680 e. The zero-order valence-electron chi connectivity index (χ0n) is 14.0. The fraction of sp³-hybridized carbons (Fsp3) is 0.778. The normalized spacial score (nSPS) is 28.3. The van der Waals surface area contributed by atoms with Crippen molar-refractivity contribution in [2.75, 3.05) is 38.7 Å². The third-order valence-electron chi connectivity index (χ3n) is 5.44. The molecule has 1 aromatic heterocycles. The molecule has 0 radical (unpaired) electrons. The van der Waals surface area contributed by atoms with E-state index in [2.05, 4.69) is 35.0 Å². The Labute approximate surface area is 147 Å². The summed E-state index contributed by atoms with van der Waals surface area (Å²) in [4.78, 5) is 4.14. The van der Waals surface area contributed by atoms with Crippen LogP contribution in [-0.2, 0) is 16.0 Å². The Morgan fingerprint density at radius 3 is 2.91 bits per heavy atom. The van der Waals surface area contributed by atoms with Crippen LogP contribution in [0.5, 0.6) is 0 Å². The minimum atomic E-state index is 0.480. The van der Waals surface area contributed by atoms with E-state index < -0.39 is 0 Å². The Kier molecular flexibility index (Phi) is 5.02. The Balaban J connectivity index is 1.20. The summed E-state index contributed by atoms with van der Waals surface area (Å²) in [5, 5.41) is 2.21. The second-order valence-corrected chi connectivity index (χ2v) is 9.87. The molecule has 4 heterocycles. The molecule has 3 aliphatic rings. The molecule has 4 rings (SSSR count). The minimum absolute atomic E-state index is 0.480. The van der Waals surface area contributed by atoms with Crippen LogP contribution in [0.2, 0.25) is 0 Å². The molecule has 3 fully saturated rings. The van der Waals surface area contributed by atoms with Crippen molar-refractivity contribution in [3.63, 3.8) is 0 Å². The van der Waals surface area contributed by atoms with Crippen LogP contribution in [-0.4, -0.2) is 54.4 Å². The fourth-order valence-electron chi connectivity index (χ4n) is 3.96. The molecule has 0 amide bonds. The van der Waals surface area contributed by atoms with Gasteiger partial charge < -0.3 is 9.47 Å². The topological polar surface area (TPSA) is 21.7 Å². The smallest absolute Gasteiger partial charge is 0.0680 e. The van der Waals surface area contributed by atoms with Crippen molar-refractivity contribution in [2.45, 2.75) is 43.6 Å². The summed E-state index contributed by atoms with van der Waals surface area (Å²) in [6, 6.07) is 2.24. The van der Waals surface area contributed by atoms with E-state index in [1.807, 2.05) is 11.3 Å². The molecule has 0 aromatic carbocycles. The first-order chi connectivity index (χ1) is 11.2. The predicted octanol–water partition coefficient (Wildman–Crippen LogP) is 3.56. The molecule has 0 bridgehead atoms. The summed E-state index contributed by atoms with van der Waals surface area (Å²) in [7, 11) is 0. The molecule has 5 heteroatoms. The predicted molar refractivity (Wildman–Crippen MR) is 97.4 cm³/mol. The van der Waals surface area contributed by atoms with Crippen LogP contribution >= 0.6 is 23.1 Å². The van der Waals surface area contributed by atoms with Crippen molar-refractivity contribution in [2.24, 2.45) is 5.92 Å². The Hall–Kier alpha value is -0.0700. The molecule has 0 unspecified atom stereocenters. The molecule has 3 aliphatic heterocycles. The van der Waals surface area contributed by atoms with Crippen LogP contribution in [0.4, 0.5) is 0 Å². The Bertz CT molecular complexity index is 521. The SMILES string of the molecule is Cc1ccsc1CN1CC2(C[C@H](OCC3CCOCC3)CS2)C1. The molecule has 0 aliphatic carbocycles. The Morgan fingerprint density at radius 2 is 2.17 bits per heavy atom. The number of rotatable bonds is 5. The van der Waals surface area contributed by atoms with Crippen LogP contribution in [0, 0.1) is 12.8 Å². The van der Waals surface area contributed by atoms with Gasteiger partial charge in [-0.25, -0.2) is 0 Å². The lowest BCUT2D eigenvalue weighted by Gasteiger charge is -2.47. The van der Waals surface area contributed by atoms with Gasteiger partial charge in [-0.1, -0.05) is 0 Å². The highest BCUT2D eigenvalue weighted by Crippen LogP contribution is 2.46. The van der Waals surface area contributed by atoms with Gasteiger partial charge in [0.05, 0.1) is 6.10 Å². The van der Waals surface area contributed by atoms with E-state index in [0.717, 1.165) is 32.3 Å². The number of thiophene rings is 1. The van der Waals surface area contributed by atoms with E-state index in [4.69, 9.17) is 9.47 Å². The van der Waals surface area contributed by atoms with Gasteiger partial charge in [-0.3, -0.25) is 4.90 Å². The van der Waals surface area contributed by atoms with Crippen molar-refractivity contribution in [1.82, 2.24) is 4.90 Å². The van der Waals surface area contributed by atoms with Crippen molar-refractivity contribution < 1.29 is 9.47 Å². The van der Waals surface area contributed by atoms with Crippen LogP contribution in [0.1, 0.15) is 29.7 Å². The van der Waals surface area contributed by atoms with E-state index >= 15 is 0 Å². The lowest BCUT2D eigenvalue weighted by Crippen LogP contribution is -2.58. The van der Waals surface area contributed by atoms with E-state index in [9.17, 15) is 0 Å². The van der Waals surface area contributed by atoms with Crippen LogP contribution in [0.25, 0.3) is 0 Å². The molecule has 0 N–H and O–H groups in total. The van der Waals surface area contributed by atoms with Gasteiger partial charge in [-0.15, -0.1) is 23.1 Å². The maximum atomic E-state index is 6.24. The number of likely N-dealkylation sites (tertiary alicyclic amines) is 1. The molecular weight excluding hydrogens is 326 g/mol. The maximum absolute atomic E-state index is 6.24. The van der Waals surface area contributed by atoms with Crippen LogP contribution < -0.4 is 0 Å². The number of aryl methyl sites for hydroxylation is 1. The van der Waals surface area contributed by atoms with Gasteiger partial charge in [0, 0.05) is 54.8 Å². The Morgan fingerprint density at radius 1 is 1.35 bits per heavy atom. The molecule has 1 aromatic rings. The lowest BCUT2D eigenvalue weighted by atomic mass is 9.92. The third-order valence-corrected chi connectivity index (χ3v) is 8.03. The van der Waals surface area contributed by atoms with Gasteiger partial charge in [0.2, 0.25) is 0 Å². The van der Waals surface area contributed by atoms with E-state index in [-0.39, 0.29) is 0 Å². The first kappa shape index (κ1) is 16.4. The van der Waals surface area contributed by atoms with Gasteiger partial charge in [0.15, 0.2) is 0 Å². The summed E-state index contributed by atoms with van der Waals surface area (Å²) >= 11 is 4.06. The average Bonchev–Trinajstić information content (AvgIpc) is 3.13. The number of nitrogens with zero attached hydrogens (tertiary/aromatic N) is 1. The molecule has 128 valence electrons. The number of ether oxygens (including phenoxy) is 2. The summed E-state index contributed by atoms with van der Waals surface area (Å²) in [5.41, 5.74) is 1.45. The molecule has 0 saturated carbocycles. The van der Waals surface area contributed by atoms with Crippen molar-refractivity contribution in [1.29, 1.82) is 0 Å². The van der Waals surface area contributed by atoms with Crippen LogP contribution in [0.3, 0.4) is 0 Å². The molecule has 3 saturated heterocycles. The van der Waals surface area contributed by atoms with E-state index in [0.29, 0.717) is 10.9 Å². The monoisotopic (exact) mass is 353 g/mol. The zero-order valence-corrected chi connectivity index (χ0v) is 15.6. The second kappa shape index (κ2) is 7.04. The van der Waals surface area contributed by atoms with Gasteiger partial charge in [0.1, 0.15) is 0 Å². The minimum Gasteiger partial charge on any atom is -0.381 e. The number of hydrogen-bond acceptors (Lipinski definition) is 5. The van der Waals surface area contributed by atoms with Crippen molar-refractivity contribution >= 4 is 23.1 Å². The molecule has 23 heavy (non-hydrogen) atoms. The number of thioether (sulfide) groups is 1. The van der Waals surface area contributed by atoms with E-state index in [1.54, 1.807) is 0 Å². The largest absolute Gasteiger partial charge is 0.381 e. The second-order valence-electron chi connectivity index (χ2n) is 7.38. The first-order valence-electron chi connectivity index (χ1n) is 8.81. The first-order valence-corrected chi connectivity index (χ1v) is 10.7. The molecule has 3 nitrogen and oxygen atoms in total. The van der Waals surface area contributed by atoms with E-state index in [1.165, 1.54) is 48.5 Å². The molecule has 1 atom stereocenters. The molecule has 1 spiro atoms.